The molecule has 0 heterocycles. The summed E-state index contributed by atoms with van der Waals surface area (Å²) in [5.74, 6) is -2.77. The lowest BCUT2D eigenvalue weighted by molar-refractivity contribution is 0.0134. The fraction of sp³-hybridized carbons (Fsp3) is 0.417. The van der Waals surface area contributed by atoms with E-state index in [1.807, 2.05) is 30.3 Å². The van der Waals surface area contributed by atoms with Crippen LogP contribution in [0.4, 0.5) is 13.6 Å². The number of rotatable bonds is 5. The van der Waals surface area contributed by atoms with E-state index in [0.29, 0.717) is 0 Å². The van der Waals surface area contributed by atoms with Crippen molar-refractivity contribution in [3.8, 4) is 0 Å². The van der Waals surface area contributed by atoms with Gasteiger partial charge >= 0.3 is 6.09 Å². The molecular weight excluding hydrogens is 228 g/mol. The number of alkyl carbamates (subject to hydrolysis) is 1. The molecule has 0 saturated heterocycles. The van der Waals surface area contributed by atoms with Gasteiger partial charge in [-0.15, -0.1) is 0 Å². The molecule has 5 heteroatoms. The minimum Gasteiger partial charge on any atom is -0.445 e. The average Bonchev–Trinajstić information content (AvgIpc) is 2.26. The Kier molecular flexibility index (Phi) is 4.87. The summed E-state index contributed by atoms with van der Waals surface area (Å²) >= 11 is 0. The summed E-state index contributed by atoms with van der Waals surface area (Å²) in [5, 5.41) is 2.27. The Labute approximate surface area is 98.8 Å². The van der Waals surface area contributed by atoms with Crippen LogP contribution < -0.4 is 5.32 Å². The Balaban J connectivity index is 2.18. The average molecular weight is 243 g/mol. The lowest BCUT2D eigenvalue weighted by Gasteiger charge is -2.10. The van der Waals surface area contributed by atoms with E-state index in [1.54, 1.807) is 0 Å². The Hall–Kier alpha value is -1.65. The molecule has 1 aromatic rings. The van der Waals surface area contributed by atoms with Crippen LogP contribution in [0.1, 0.15) is 18.9 Å². The van der Waals surface area contributed by atoms with Gasteiger partial charge in [-0.1, -0.05) is 30.3 Å². The summed E-state index contributed by atoms with van der Waals surface area (Å²) in [6.45, 7) is 0.844. The maximum Gasteiger partial charge on any atom is 0.407 e. The second-order valence-electron chi connectivity index (χ2n) is 3.81. The lowest BCUT2D eigenvalue weighted by atomic mass is 10.2. The Bertz CT molecular complexity index is 349. The molecule has 0 aliphatic carbocycles. The molecule has 1 aromatic carbocycles. The first-order valence-electron chi connectivity index (χ1n) is 5.30. The number of hydrogen-bond acceptors (Lipinski definition) is 2. The van der Waals surface area contributed by atoms with Crippen LogP contribution in [0.5, 0.6) is 0 Å². The number of hydrogen-bond donors (Lipinski definition) is 1. The van der Waals surface area contributed by atoms with Gasteiger partial charge < -0.3 is 10.1 Å². The van der Waals surface area contributed by atoms with Gasteiger partial charge in [0.05, 0.1) is 0 Å². The van der Waals surface area contributed by atoms with E-state index in [9.17, 15) is 13.6 Å². The molecule has 1 amide bonds. The highest BCUT2D eigenvalue weighted by atomic mass is 19.3. The van der Waals surface area contributed by atoms with Crippen molar-refractivity contribution in [1.82, 2.24) is 5.32 Å². The summed E-state index contributed by atoms with van der Waals surface area (Å²) < 4.78 is 29.7. The SMILES string of the molecule is CC(F)(F)CCNC(=O)OCc1ccccc1. The van der Waals surface area contributed by atoms with Crippen LogP contribution >= 0.6 is 0 Å². The van der Waals surface area contributed by atoms with Crippen molar-refractivity contribution in [2.75, 3.05) is 6.54 Å². The largest absolute Gasteiger partial charge is 0.445 e. The number of alkyl halides is 2. The molecule has 0 aliphatic rings. The van der Waals surface area contributed by atoms with Crippen LogP contribution in [-0.2, 0) is 11.3 Å². The van der Waals surface area contributed by atoms with E-state index in [4.69, 9.17) is 4.74 Å². The Morgan fingerprint density at radius 3 is 2.59 bits per heavy atom. The third-order valence-corrected chi connectivity index (χ3v) is 2.05. The van der Waals surface area contributed by atoms with E-state index >= 15 is 0 Å². The standard InChI is InChI=1S/C12H15F2NO2/c1-12(13,14)7-8-15-11(16)17-9-10-5-3-2-4-6-10/h2-6H,7-9H2,1H3,(H,15,16). The smallest absolute Gasteiger partial charge is 0.407 e. The van der Waals surface area contributed by atoms with Crippen molar-refractivity contribution in [1.29, 1.82) is 0 Å². The molecule has 1 rings (SSSR count). The van der Waals surface area contributed by atoms with Crippen LogP contribution in [0, 0.1) is 0 Å². The van der Waals surface area contributed by atoms with Crippen LogP contribution in [0.2, 0.25) is 0 Å². The van der Waals surface area contributed by atoms with Crippen molar-refractivity contribution in [3.05, 3.63) is 35.9 Å². The van der Waals surface area contributed by atoms with Gasteiger partial charge in [0.1, 0.15) is 6.61 Å². The van der Waals surface area contributed by atoms with Crippen LogP contribution in [0.3, 0.4) is 0 Å². The number of amides is 1. The van der Waals surface area contributed by atoms with Crippen LogP contribution in [-0.4, -0.2) is 18.6 Å². The zero-order valence-corrected chi connectivity index (χ0v) is 9.58. The molecule has 0 saturated carbocycles. The number of halogens is 2. The predicted molar refractivity (Wildman–Crippen MR) is 59.9 cm³/mol. The van der Waals surface area contributed by atoms with Crippen molar-refractivity contribution in [2.24, 2.45) is 0 Å². The van der Waals surface area contributed by atoms with Gasteiger partial charge in [-0.25, -0.2) is 13.6 Å². The van der Waals surface area contributed by atoms with E-state index < -0.39 is 18.4 Å². The maximum absolute atomic E-state index is 12.4. The molecule has 0 unspecified atom stereocenters. The van der Waals surface area contributed by atoms with Gasteiger partial charge in [0.2, 0.25) is 5.92 Å². The first-order chi connectivity index (χ1) is 7.97. The monoisotopic (exact) mass is 243 g/mol. The van der Waals surface area contributed by atoms with Crippen LogP contribution in [0.15, 0.2) is 30.3 Å². The molecule has 0 aliphatic heterocycles. The first-order valence-corrected chi connectivity index (χ1v) is 5.30. The number of nitrogens with one attached hydrogen (secondary N) is 1. The van der Waals surface area contributed by atoms with Crippen molar-refractivity contribution < 1.29 is 18.3 Å². The first kappa shape index (κ1) is 13.4. The predicted octanol–water partition coefficient (Wildman–Crippen LogP) is 2.96. The van der Waals surface area contributed by atoms with Gasteiger partial charge in [0.25, 0.3) is 0 Å². The minimum atomic E-state index is -2.77. The van der Waals surface area contributed by atoms with E-state index in [0.717, 1.165) is 12.5 Å². The normalized spacial score (nSPS) is 11.0. The molecule has 17 heavy (non-hydrogen) atoms. The highest BCUT2D eigenvalue weighted by Gasteiger charge is 2.20. The van der Waals surface area contributed by atoms with Gasteiger partial charge in [-0.05, 0) is 12.5 Å². The van der Waals surface area contributed by atoms with E-state index in [1.165, 1.54) is 0 Å². The quantitative estimate of drug-likeness (QED) is 0.863. The zero-order valence-electron chi connectivity index (χ0n) is 9.58. The molecule has 3 nitrogen and oxygen atoms in total. The highest BCUT2D eigenvalue weighted by molar-refractivity contribution is 5.67. The molecule has 0 bridgehead atoms. The number of carbonyl (C=O) groups is 1. The summed E-state index contributed by atoms with van der Waals surface area (Å²) in [7, 11) is 0. The third kappa shape index (κ3) is 6.50. The molecule has 0 aromatic heterocycles. The molecule has 94 valence electrons. The van der Waals surface area contributed by atoms with Crippen molar-refractivity contribution in [2.45, 2.75) is 25.9 Å². The van der Waals surface area contributed by atoms with Gasteiger partial charge in [0, 0.05) is 13.0 Å². The summed E-state index contributed by atoms with van der Waals surface area (Å²) in [6.07, 6.45) is -1.08. The van der Waals surface area contributed by atoms with E-state index in [2.05, 4.69) is 5.32 Å². The molecule has 0 radical (unpaired) electrons. The van der Waals surface area contributed by atoms with Gasteiger partial charge in [-0.2, -0.15) is 0 Å². The number of benzene rings is 1. The molecule has 1 N–H and O–H groups in total. The van der Waals surface area contributed by atoms with Gasteiger partial charge in [-0.3, -0.25) is 0 Å². The van der Waals surface area contributed by atoms with Gasteiger partial charge in [0.15, 0.2) is 0 Å². The Morgan fingerprint density at radius 1 is 1.35 bits per heavy atom. The van der Waals surface area contributed by atoms with E-state index in [-0.39, 0.29) is 13.2 Å². The number of ether oxygens (including phenoxy) is 1. The summed E-state index contributed by atoms with van der Waals surface area (Å²) in [4.78, 5) is 11.1. The van der Waals surface area contributed by atoms with Crippen LogP contribution in [0.25, 0.3) is 0 Å². The molecule has 0 atom stereocenters. The highest BCUT2D eigenvalue weighted by Crippen LogP contribution is 2.15. The Morgan fingerprint density at radius 2 is 2.00 bits per heavy atom. The topological polar surface area (TPSA) is 38.3 Å². The second-order valence-corrected chi connectivity index (χ2v) is 3.81. The molecule has 0 fully saturated rings. The summed E-state index contributed by atoms with van der Waals surface area (Å²) in [5.41, 5.74) is 0.850. The van der Waals surface area contributed by atoms with Crippen molar-refractivity contribution in [3.63, 3.8) is 0 Å². The maximum atomic E-state index is 12.4. The number of carbonyl (C=O) groups excluding carboxylic acids is 1. The fourth-order valence-corrected chi connectivity index (χ4v) is 1.16. The lowest BCUT2D eigenvalue weighted by Crippen LogP contribution is -2.28. The zero-order chi connectivity index (χ0) is 12.7. The second kappa shape index (κ2) is 6.18. The summed E-state index contributed by atoms with van der Waals surface area (Å²) in [6, 6.07) is 9.14. The molecule has 0 spiro atoms. The molecular formula is C12H15F2NO2. The fourth-order valence-electron chi connectivity index (χ4n) is 1.16. The third-order valence-electron chi connectivity index (χ3n) is 2.05. The van der Waals surface area contributed by atoms with Crippen molar-refractivity contribution >= 4 is 6.09 Å². The minimum absolute atomic E-state index is 0.100.